The van der Waals surface area contributed by atoms with E-state index in [0.29, 0.717) is 18.9 Å². The van der Waals surface area contributed by atoms with Crippen LogP contribution in [-0.4, -0.2) is 46.1 Å². The van der Waals surface area contributed by atoms with E-state index in [2.05, 4.69) is 4.98 Å². The van der Waals surface area contributed by atoms with Gasteiger partial charge in [0.05, 0.1) is 11.6 Å². The summed E-state index contributed by atoms with van der Waals surface area (Å²) in [6, 6.07) is 3.07. The molecule has 1 atom stereocenters. The quantitative estimate of drug-likeness (QED) is 0.884. The molecule has 0 aromatic carbocycles. The minimum atomic E-state index is -1.01. The summed E-state index contributed by atoms with van der Waals surface area (Å²) in [5.41, 5.74) is 0.126. The number of ether oxygens (including phenoxy) is 1. The zero-order valence-electron chi connectivity index (χ0n) is 11.4. The molecule has 0 unspecified atom stereocenters. The van der Waals surface area contributed by atoms with Crippen molar-refractivity contribution in [3.63, 3.8) is 0 Å². The predicted octanol–water partition coefficient (Wildman–Crippen LogP) is 1.56. The molecule has 1 fully saturated rings. The maximum Gasteiger partial charge on any atom is 0.337 e. The number of amides is 1. The SMILES string of the molecule is CCC(=O)N1CCC[C@H]1COc1ccc(C(=O)O)cn1. The fourth-order valence-corrected chi connectivity index (χ4v) is 2.31. The van der Waals surface area contributed by atoms with Crippen molar-refractivity contribution >= 4 is 11.9 Å². The third-order valence-corrected chi connectivity index (χ3v) is 3.41. The molecule has 0 saturated carbocycles. The van der Waals surface area contributed by atoms with Gasteiger partial charge in [-0.3, -0.25) is 4.79 Å². The van der Waals surface area contributed by atoms with Crippen LogP contribution in [0.1, 0.15) is 36.5 Å². The van der Waals surface area contributed by atoms with E-state index in [0.717, 1.165) is 19.4 Å². The number of aromatic carboxylic acids is 1. The number of likely N-dealkylation sites (tertiary alicyclic amines) is 1. The molecule has 1 saturated heterocycles. The van der Waals surface area contributed by atoms with E-state index in [1.165, 1.54) is 18.3 Å². The third-order valence-electron chi connectivity index (χ3n) is 3.41. The molecule has 1 aliphatic rings. The molecule has 20 heavy (non-hydrogen) atoms. The van der Waals surface area contributed by atoms with Crippen LogP contribution in [0.4, 0.5) is 0 Å². The van der Waals surface area contributed by atoms with Crippen molar-refractivity contribution in [3.8, 4) is 5.88 Å². The summed E-state index contributed by atoms with van der Waals surface area (Å²) < 4.78 is 5.55. The molecule has 0 spiro atoms. The molecule has 0 radical (unpaired) electrons. The smallest absolute Gasteiger partial charge is 0.337 e. The Morgan fingerprint density at radius 1 is 1.50 bits per heavy atom. The van der Waals surface area contributed by atoms with E-state index < -0.39 is 5.97 Å². The van der Waals surface area contributed by atoms with Gasteiger partial charge in [0.25, 0.3) is 0 Å². The first-order chi connectivity index (χ1) is 9.61. The van der Waals surface area contributed by atoms with Crippen LogP contribution in [0.5, 0.6) is 5.88 Å². The number of carboxylic acids is 1. The summed E-state index contributed by atoms with van der Waals surface area (Å²) in [5, 5.41) is 8.78. The van der Waals surface area contributed by atoms with Crippen molar-refractivity contribution in [2.75, 3.05) is 13.2 Å². The fraction of sp³-hybridized carbons (Fsp3) is 0.500. The lowest BCUT2D eigenvalue weighted by atomic mass is 10.2. The molecular formula is C14H18N2O4. The number of pyridine rings is 1. The summed E-state index contributed by atoms with van der Waals surface area (Å²) in [6.45, 7) is 3.03. The standard InChI is InChI=1S/C14H18N2O4/c1-2-13(17)16-7-3-4-11(16)9-20-12-6-5-10(8-15-12)14(18)19/h5-6,8,11H,2-4,7,9H2,1H3,(H,18,19)/t11-/m0/s1. The number of aromatic nitrogens is 1. The van der Waals surface area contributed by atoms with E-state index in [4.69, 9.17) is 9.84 Å². The summed E-state index contributed by atoms with van der Waals surface area (Å²) in [5.74, 6) is -0.490. The van der Waals surface area contributed by atoms with E-state index >= 15 is 0 Å². The molecule has 1 amide bonds. The van der Waals surface area contributed by atoms with E-state index in [1.54, 1.807) is 0 Å². The maximum absolute atomic E-state index is 11.7. The van der Waals surface area contributed by atoms with Gasteiger partial charge in [0.15, 0.2) is 0 Å². The zero-order chi connectivity index (χ0) is 14.5. The number of rotatable bonds is 5. The summed E-state index contributed by atoms with van der Waals surface area (Å²) in [6.07, 6.45) is 3.69. The number of hydrogen-bond acceptors (Lipinski definition) is 4. The van der Waals surface area contributed by atoms with Gasteiger partial charge in [-0.25, -0.2) is 9.78 Å². The van der Waals surface area contributed by atoms with Gasteiger partial charge in [0, 0.05) is 25.2 Å². The van der Waals surface area contributed by atoms with E-state index in [1.807, 2.05) is 11.8 Å². The first-order valence-electron chi connectivity index (χ1n) is 6.73. The van der Waals surface area contributed by atoms with Gasteiger partial charge >= 0.3 is 5.97 Å². The first kappa shape index (κ1) is 14.3. The Balaban J connectivity index is 1.91. The number of nitrogens with zero attached hydrogens (tertiary/aromatic N) is 2. The molecule has 1 N–H and O–H groups in total. The second-order valence-electron chi connectivity index (χ2n) is 4.74. The lowest BCUT2D eigenvalue weighted by Gasteiger charge is -2.24. The predicted molar refractivity (Wildman–Crippen MR) is 71.7 cm³/mol. The second-order valence-corrected chi connectivity index (χ2v) is 4.74. The normalized spacial score (nSPS) is 18.1. The van der Waals surface area contributed by atoms with Crippen LogP contribution in [-0.2, 0) is 4.79 Å². The van der Waals surface area contributed by atoms with Gasteiger partial charge in [-0.05, 0) is 18.9 Å². The maximum atomic E-state index is 11.7. The highest BCUT2D eigenvalue weighted by Gasteiger charge is 2.28. The molecule has 0 aliphatic carbocycles. The van der Waals surface area contributed by atoms with Crippen molar-refractivity contribution in [2.45, 2.75) is 32.2 Å². The van der Waals surface area contributed by atoms with Gasteiger partial charge < -0.3 is 14.7 Å². The van der Waals surface area contributed by atoms with E-state index in [-0.39, 0.29) is 17.5 Å². The van der Waals surface area contributed by atoms with Crippen molar-refractivity contribution in [1.29, 1.82) is 0 Å². The Kier molecular flexibility index (Phi) is 4.55. The van der Waals surface area contributed by atoms with Gasteiger partial charge in [-0.1, -0.05) is 6.92 Å². The molecule has 2 rings (SSSR count). The van der Waals surface area contributed by atoms with Crippen LogP contribution in [0, 0.1) is 0 Å². The highest BCUT2D eigenvalue weighted by atomic mass is 16.5. The van der Waals surface area contributed by atoms with E-state index in [9.17, 15) is 9.59 Å². The number of carbonyl (C=O) groups excluding carboxylic acids is 1. The van der Waals surface area contributed by atoms with Crippen LogP contribution in [0.15, 0.2) is 18.3 Å². The van der Waals surface area contributed by atoms with Crippen molar-refractivity contribution in [3.05, 3.63) is 23.9 Å². The number of carboxylic acid groups (broad SMARTS) is 1. The Morgan fingerprint density at radius 2 is 2.30 bits per heavy atom. The summed E-state index contributed by atoms with van der Waals surface area (Å²) >= 11 is 0. The van der Waals surface area contributed by atoms with Crippen LogP contribution in [0.25, 0.3) is 0 Å². The Morgan fingerprint density at radius 3 is 2.90 bits per heavy atom. The van der Waals surface area contributed by atoms with Crippen LogP contribution in [0.3, 0.4) is 0 Å². The lowest BCUT2D eigenvalue weighted by molar-refractivity contribution is -0.132. The first-order valence-corrected chi connectivity index (χ1v) is 6.73. The minimum absolute atomic E-state index is 0.0865. The third kappa shape index (κ3) is 3.26. The number of hydrogen-bond donors (Lipinski definition) is 1. The fourth-order valence-electron chi connectivity index (χ4n) is 2.31. The zero-order valence-corrected chi connectivity index (χ0v) is 11.4. The topological polar surface area (TPSA) is 79.7 Å². The van der Waals surface area contributed by atoms with Crippen LogP contribution < -0.4 is 4.74 Å². The molecule has 2 heterocycles. The largest absolute Gasteiger partial charge is 0.478 e. The molecule has 1 aliphatic heterocycles. The molecule has 0 bridgehead atoms. The molecule has 108 valence electrons. The van der Waals surface area contributed by atoms with Crippen LogP contribution >= 0.6 is 0 Å². The minimum Gasteiger partial charge on any atom is -0.478 e. The average molecular weight is 278 g/mol. The Labute approximate surface area is 117 Å². The van der Waals surface area contributed by atoms with Crippen molar-refractivity contribution < 1.29 is 19.4 Å². The van der Waals surface area contributed by atoms with Gasteiger partial charge in [-0.15, -0.1) is 0 Å². The summed E-state index contributed by atoms with van der Waals surface area (Å²) in [4.78, 5) is 28.2. The van der Waals surface area contributed by atoms with Crippen molar-refractivity contribution in [1.82, 2.24) is 9.88 Å². The van der Waals surface area contributed by atoms with Gasteiger partial charge in [0.1, 0.15) is 6.61 Å². The number of carbonyl (C=O) groups is 2. The Hall–Kier alpha value is -2.11. The summed E-state index contributed by atoms with van der Waals surface area (Å²) in [7, 11) is 0. The molecular weight excluding hydrogens is 260 g/mol. The molecule has 1 aromatic heterocycles. The monoisotopic (exact) mass is 278 g/mol. The highest BCUT2D eigenvalue weighted by Crippen LogP contribution is 2.19. The van der Waals surface area contributed by atoms with Crippen molar-refractivity contribution in [2.24, 2.45) is 0 Å². The molecule has 1 aromatic rings. The highest BCUT2D eigenvalue weighted by molar-refractivity contribution is 5.87. The Bertz CT molecular complexity index is 486. The lowest BCUT2D eigenvalue weighted by Crippen LogP contribution is -2.38. The molecule has 6 nitrogen and oxygen atoms in total. The average Bonchev–Trinajstić information content (AvgIpc) is 2.93. The van der Waals surface area contributed by atoms with Gasteiger partial charge in [0.2, 0.25) is 11.8 Å². The van der Waals surface area contributed by atoms with Crippen LogP contribution in [0.2, 0.25) is 0 Å². The molecule has 6 heteroatoms. The second kappa shape index (κ2) is 6.36. The van der Waals surface area contributed by atoms with Gasteiger partial charge in [-0.2, -0.15) is 0 Å².